The van der Waals surface area contributed by atoms with Crippen molar-refractivity contribution in [2.75, 3.05) is 18.4 Å². The van der Waals surface area contributed by atoms with E-state index in [-0.39, 0.29) is 0 Å². The Balaban J connectivity index is 1.97. The van der Waals surface area contributed by atoms with Gasteiger partial charge in [-0.3, -0.25) is 4.90 Å². The van der Waals surface area contributed by atoms with Crippen LogP contribution in [0.25, 0.3) is 0 Å². The lowest BCUT2D eigenvalue weighted by atomic mass is 9.89. The highest BCUT2D eigenvalue weighted by atomic mass is 15.2. The molecule has 18 heavy (non-hydrogen) atoms. The van der Waals surface area contributed by atoms with Crippen LogP contribution in [-0.4, -0.2) is 30.1 Å². The molecule has 1 heterocycles. The maximum atomic E-state index is 3.84. The zero-order valence-corrected chi connectivity index (χ0v) is 11.5. The molecule has 0 unspecified atom stereocenters. The lowest BCUT2D eigenvalue weighted by Gasteiger charge is -2.42. The van der Waals surface area contributed by atoms with Crippen LogP contribution in [-0.2, 0) is 0 Å². The van der Waals surface area contributed by atoms with Crippen molar-refractivity contribution < 1.29 is 0 Å². The Morgan fingerprint density at radius 1 is 1.33 bits per heavy atom. The zero-order chi connectivity index (χ0) is 13.0. The highest BCUT2D eigenvalue weighted by Crippen LogP contribution is 2.25. The number of anilines is 1. The van der Waals surface area contributed by atoms with Crippen LogP contribution in [0.15, 0.2) is 43.0 Å². The predicted octanol–water partition coefficient (Wildman–Crippen LogP) is 3.38. The average molecular weight is 244 g/mol. The van der Waals surface area contributed by atoms with E-state index in [0.717, 1.165) is 13.1 Å². The highest BCUT2D eigenvalue weighted by molar-refractivity contribution is 5.43. The van der Waals surface area contributed by atoms with Crippen molar-refractivity contribution >= 4 is 5.69 Å². The van der Waals surface area contributed by atoms with Crippen LogP contribution >= 0.6 is 0 Å². The maximum absolute atomic E-state index is 3.84. The third-order valence-electron chi connectivity index (χ3n) is 3.92. The molecule has 1 N–H and O–H groups in total. The van der Waals surface area contributed by atoms with E-state index in [0.29, 0.717) is 18.0 Å². The summed E-state index contributed by atoms with van der Waals surface area (Å²) in [6.07, 6.45) is 3.21. The van der Waals surface area contributed by atoms with Gasteiger partial charge in [-0.05, 0) is 31.4 Å². The zero-order valence-electron chi connectivity index (χ0n) is 11.5. The summed E-state index contributed by atoms with van der Waals surface area (Å²) in [6, 6.07) is 11.7. The molecule has 1 aliphatic heterocycles. The van der Waals surface area contributed by atoms with Gasteiger partial charge in [0.15, 0.2) is 0 Å². The minimum atomic E-state index is 0.573. The van der Waals surface area contributed by atoms with E-state index >= 15 is 0 Å². The smallest absolute Gasteiger partial charge is 0.0342 e. The molecule has 1 aromatic rings. The summed E-state index contributed by atoms with van der Waals surface area (Å²) in [7, 11) is 0. The van der Waals surface area contributed by atoms with Gasteiger partial charge in [-0.15, -0.1) is 6.58 Å². The number of hydrogen-bond donors (Lipinski definition) is 1. The van der Waals surface area contributed by atoms with E-state index in [4.69, 9.17) is 0 Å². The Bertz CT molecular complexity index is 374. The molecule has 0 aromatic heterocycles. The lowest BCUT2D eigenvalue weighted by Crippen LogP contribution is -2.49. The van der Waals surface area contributed by atoms with Gasteiger partial charge in [-0.2, -0.15) is 0 Å². The predicted molar refractivity (Wildman–Crippen MR) is 78.9 cm³/mol. The Morgan fingerprint density at radius 2 is 2.06 bits per heavy atom. The highest BCUT2D eigenvalue weighted by Gasteiger charge is 2.29. The summed E-state index contributed by atoms with van der Waals surface area (Å²) >= 11 is 0. The van der Waals surface area contributed by atoms with Crippen molar-refractivity contribution in [1.29, 1.82) is 0 Å². The SMILES string of the molecule is C=CCN1C[C@H](C)[C@@H](Nc2ccccc2)C[C@H]1C. The van der Waals surface area contributed by atoms with Crippen molar-refractivity contribution in [2.45, 2.75) is 32.4 Å². The first kappa shape index (κ1) is 13.2. The van der Waals surface area contributed by atoms with Crippen molar-refractivity contribution in [3.05, 3.63) is 43.0 Å². The number of benzene rings is 1. The monoisotopic (exact) mass is 244 g/mol. The molecule has 0 aliphatic carbocycles. The van der Waals surface area contributed by atoms with Crippen LogP contribution in [0.4, 0.5) is 5.69 Å². The van der Waals surface area contributed by atoms with Crippen LogP contribution < -0.4 is 5.32 Å². The molecule has 0 saturated carbocycles. The van der Waals surface area contributed by atoms with Crippen molar-refractivity contribution in [1.82, 2.24) is 4.90 Å². The number of nitrogens with zero attached hydrogens (tertiary/aromatic N) is 1. The minimum Gasteiger partial charge on any atom is -0.382 e. The van der Waals surface area contributed by atoms with Gasteiger partial charge in [-0.25, -0.2) is 0 Å². The van der Waals surface area contributed by atoms with E-state index in [1.807, 2.05) is 6.08 Å². The Morgan fingerprint density at radius 3 is 2.72 bits per heavy atom. The first-order chi connectivity index (χ1) is 8.70. The van der Waals surface area contributed by atoms with Crippen LogP contribution in [0.5, 0.6) is 0 Å². The average Bonchev–Trinajstić information content (AvgIpc) is 2.37. The summed E-state index contributed by atoms with van der Waals surface area (Å²) < 4.78 is 0. The molecule has 2 nitrogen and oxygen atoms in total. The fraction of sp³-hybridized carbons (Fsp3) is 0.500. The molecule has 1 aliphatic rings. The second-order valence-corrected chi connectivity index (χ2v) is 5.42. The van der Waals surface area contributed by atoms with Crippen LogP contribution in [0.1, 0.15) is 20.3 Å². The molecule has 1 aromatic carbocycles. The Kier molecular flexibility index (Phi) is 4.43. The molecule has 1 fully saturated rings. The number of hydrogen-bond acceptors (Lipinski definition) is 2. The summed E-state index contributed by atoms with van der Waals surface area (Å²) in [5, 5.41) is 3.67. The van der Waals surface area contributed by atoms with Crippen molar-refractivity contribution in [2.24, 2.45) is 5.92 Å². The third-order valence-corrected chi connectivity index (χ3v) is 3.92. The molecular formula is C16H24N2. The fourth-order valence-electron chi connectivity index (χ4n) is 2.80. The molecule has 3 atom stereocenters. The number of likely N-dealkylation sites (tertiary alicyclic amines) is 1. The van der Waals surface area contributed by atoms with E-state index in [1.54, 1.807) is 0 Å². The van der Waals surface area contributed by atoms with Gasteiger partial charge < -0.3 is 5.32 Å². The van der Waals surface area contributed by atoms with E-state index in [2.05, 4.69) is 61.0 Å². The molecule has 0 spiro atoms. The van der Waals surface area contributed by atoms with Gasteiger partial charge in [0.05, 0.1) is 0 Å². The van der Waals surface area contributed by atoms with Crippen LogP contribution in [0.2, 0.25) is 0 Å². The summed E-state index contributed by atoms with van der Waals surface area (Å²) in [4.78, 5) is 2.51. The molecule has 2 rings (SSSR count). The molecule has 98 valence electrons. The Labute approximate surface area is 111 Å². The topological polar surface area (TPSA) is 15.3 Å². The standard InChI is InChI=1S/C16H24N2/c1-4-10-18-12-13(2)16(11-14(18)3)17-15-8-6-5-7-9-15/h4-9,13-14,16-17H,1,10-12H2,2-3H3/t13-,14+,16-/m0/s1. The molecule has 1 saturated heterocycles. The van der Waals surface area contributed by atoms with Crippen LogP contribution in [0, 0.1) is 5.92 Å². The van der Waals surface area contributed by atoms with Crippen molar-refractivity contribution in [3.63, 3.8) is 0 Å². The maximum Gasteiger partial charge on any atom is 0.0342 e. The second-order valence-electron chi connectivity index (χ2n) is 5.42. The van der Waals surface area contributed by atoms with Gasteiger partial charge in [0.2, 0.25) is 0 Å². The number of para-hydroxylation sites is 1. The number of nitrogens with one attached hydrogen (secondary N) is 1. The number of rotatable bonds is 4. The van der Waals surface area contributed by atoms with Gasteiger partial charge >= 0.3 is 0 Å². The largest absolute Gasteiger partial charge is 0.382 e. The first-order valence-corrected chi connectivity index (χ1v) is 6.87. The second kappa shape index (κ2) is 6.05. The molecule has 0 radical (unpaired) electrons. The molecule has 0 amide bonds. The third kappa shape index (κ3) is 3.14. The summed E-state index contributed by atoms with van der Waals surface area (Å²) in [5.41, 5.74) is 1.23. The molecule has 2 heteroatoms. The van der Waals surface area contributed by atoms with Gasteiger partial charge in [0, 0.05) is 30.9 Å². The molecule has 0 bridgehead atoms. The van der Waals surface area contributed by atoms with Gasteiger partial charge in [0.1, 0.15) is 0 Å². The molecular weight excluding hydrogens is 220 g/mol. The number of piperidine rings is 1. The quantitative estimate of drug-likeness (QED) is 0.817. The van der Waals surface area contributed by atoms with E-state index in [9.17, 15) is 0 Å². The van der Waals surface area contributed by atoms with Crippen LogP contribution in [0.3, 0.4) is 0 Å². The first-order valence-electron chi connectivity index (χ1n) is 6.87. The minimum absolute atomic E-state index is 0.573. The van der Waals surface area contributed by atoms with Gasteiger partial charge in [0.25, 0.3) is 0 Å². The van der Waals surface area contributed by atoms with E-state index < -0.39 is 0 Å². The fourth-order valence-corrected chi connectivity index (χ4v) is 2.80. The van der Waals surface area contributed by atoms with Crippen molar-refractivity contribution in [3.8, 4) is 0 Å². The van der Waals surface area contributed by atoms with E-state index in [1.165, 1.54) is 12.1 Å². The summed E-state index contributed by atoms with van der Waals surface area (Å²) in [6.45, 7) is 10.6. The Hall–Kier alpha value is -1.28. The summed E-state index contributed by atoms with van der Waals surface area (Å²) in [5.74, 6) is 0.668. The van der Waals surface area contributed by atoms with Gasteiger partial charge in [-0.1, -0.05) is 31.2 Å². The lowest BCUT2D eigenvalue weighted by molar-refractivity contribution is 0.129. The normalized spacial score (nSPS) is 28.9.